The van der Waals surface area contributed by atoms with Gasteiger partial charge in [0, 0.05) is 18.9 Å². The minimum atomic E-state index is -0.630. The van der Waals surface area contributed by atoms with Crippen molar-refractivity contribution in [3.05, 3.63) is 35.4 Å². The monoisotopic (exact) mass is 254 g/mol. The van der Waals surface area contributed by atoms with Gasteiger partial charge in [0.2, 0.25) is 0 Å². The SMILES string of the molecule is CCCCCCCC(=O)Cc1ccc(F)cc1F. The smallest absolute Gasteiger partial charge is 0.137 e. The Hall–Kier alpha value is -1.25. The Morgan fingerprint density at radius 2 is 1.83 bits per heavy atom. The standard InChI is InChI=1S/C15H20F2O/c1-2-3-4-5-6-7-14(18)10-12-8-9-13(16)11-15(12)17/h8-9,11H,2-7,10H2,1H3. The van der Waals surface area contributed by atoms with Crippen LogP contribution in [0.3, 0.4) is 0 Å². The fraction of sp³-hybridized carbons (Fsp3) is 0.533. The summed E-state index contributed by atoms with van der Waals surface area (Å²) >= 11 is 0. The quantitative estimate of drug-likeness (QED) is 0.627. The average molecular weight is 254 g/mol. The summed E-state index contributed by atoms with van der Waals surface area (Å²) in [6, 6.07) is 3.36. The number of halogens is 2. The van der Waals surface area contributed by atoms with Gasteiger partial charge in [-0.2, -0.15) is 0 Å². The topological polar surface area (TPSA) is 17.1 Å². The molecule has 3 heteroatoms. The molecule has 0 aliphatic heterocycles. The second-order valence-corrected chi connectivity index (χ2v) is 4.62. The lowest BCUT2D eigenvalue weighted by Gasteiger charge is -2.03. The lowest BCUT2D eigenvalue weighted by Crippen LogP contribution is -2.04. The van der Waals surface area contributed by atoms with E-state index in [2.05, 4.69) is 6.92 Å². The van der Waals surface area contributed by atoms with Crippen molar-refractivity contribution in [3.8, 4) is 0 Å². The van der Waals surface area contributed by atoms with Crippen LogP contribution in [0.4, 0.5) is 8.78 Å². The van der Waals surface area contributed by atoms with E-state index in [0.717, 1.165) is 25.3 Å². The van der Waals surface area contributed by atoms with Gasteiger partial charge in [-0.3, -0.25) is 4.79 Å². The van der Waals surface area contributed by atoms with Gasteiger partial charge in [-0.1, -0.05) is 38.7 Å². The van der Waals surface area contributed by atoms with Crippen LogP contribution < -0.4 is 0 Å². The first-order chi connectivity index (χ1) is 8.63. The Morgan fingerprint density at radius 3 is 2.50 bits per heavy atom. The second-order valence-electron chi connectivity index (χ2n) is 4.62. The third-order valence-electron chi connectivity index (χ3n) is 2.96. The molecule has 0 radical (unpaired) electrons. The van der Waals surface area contributed by atoms with E-state index in [1.807, 2.05) is 0 Å². The zero-order valence-corrected chi connectivity index (χ0v) is 10.8. The van der Waals surface area contributed by atoms with E-state index in [4.69, 9.17) is 0 Å². The maximum Gasteiger partial charge on any atom is 0.137 e. The first kappa shape index (κ1) is 14.8. The van der Waals surface area contributed by atoms with Crippen molar-refractivity contribution in [2.24, 2.45) is 0 Å². The molecule has 0 aliphatic carbocycles. The van der Waals surface area contributed by atoms with Crippen LogP contribution in [0.5, 0.6) is 0 Å². The van der Waals surface area contributed by atoms with Crippen molar-refractivity contribution >= 4 is 5.78 Å². The molecular formula is C15H20F2O. The number of unbranched alkanes of at least 4 members (excludes halogenated alkanes) is 4. The van der Waals surface area contributed by atoms with Crippen LogP contribution in [0.15, 0.2) is 18.2 Å². The molecule has 0 saturated carbocycles. The minimum absolute atomic E-state index is 0.0250. The third kappa shape index (κ3) is 5.39. The number of hydrogen-bond acceptors (Lipinski definition) is 1. The Morgan fingerprint density at radius 1 is 1.11 bits per heavy atom. The highest BCUT2D eigenvalue weighted by molar-refractivity contribution is 5.80. The predicted molar refractivity (Wildman–Crippen MR) is 68.4 cm³/mol. The summed E-state index contributed by atoms with van der Waals surface area (Å²) in [6.07, 6.45) is 5.98. The summed E-state index contributed by atoms with van der Waals surface area (Å²) < 4.78 is 26.0. The van der Waals surface area contributed by atoms with Gasteiger partial charge in [0.25, 0.3) is 0 Å². The first-order valence-corrected chi connectivity index (χ1v) is 6.59. The maximum absolute atomic E-state index is 13.3. The number of rotatable bonds is 8. The van der Waals surface area contributed by atoms with Gasteiger partial charge in [-0.25, -0.2) is 8.78 Å². The van der Waals surface area contributed by atoms with Crippen molar-refractivity contribution in [3.63, 3.8) is 0 Å². The molecule has 0 aliphatic rings. The summed E-state index contributed by atoms with van der Waals surface area (Å²) in [5.74, 6) is -1.21. The first-order valence-electron chi connectivity index (χ1n) is 6.59. The number of hydrogen-bond donors (Lipinski definition) is 0. The summed E-state index contributed by atoms with van der Waals surface area (Å²) in [5, 5.41) is 0. The van der Waals surface area contributed by atoms with Crippen molar-refractivity contribution in [2.45, 2.75) is 51.9 Å². The molecule has 0 amide bonds. The van der Waals surface area contributed by atoms with E-state index in [-0.39, 0.29) is 17.8 Å². The van der Waals surface area contributed by atoms with Crippen LogP contribution in [-0.4, -0.2) is 5.78 Å². The molecule has 0 atom stereocenters. The van der Waals surface area contributed by atoms with Crippen LogP contribution in [0.2, 0.25) is 0 Å². The lowest BCUT2D eigenvalue weighted by molar-refractivity contribution is -0.118. The van der Waals surface area contributed by atoms with Crippen molar-refractivity contribution in [2.75, 3.05) is 0 Å². The van der Waals surface area contributed by atoms with Gasteiger partial charge in [-0.05, 0) is 18.1 Å². The fourth-order valence-corrected chi connectivity index (χ4v) is 1.89. The van der Waals surface area contributed by atoms with E-state index in [1.165, 1.54) is 25.0 Å². The van der Waals surface area contributed by atoms with Gasteiger partial charge in [0.05, 0.1) is 0 Å². The molecule has 0 N–H and O–H groups in total. The van der Waals surface area contributed by atoms with Gasteiger partial charge >= 0.3 is 0 Å². The summed E-state index contributed by atoms with van der Waals surface area (Å²) in [7, 11) is 0. The largest absolute Gasteiger partial charge is 0.299 e. The average Bonchev–Trinajstić information content (AvgIpc) is 2.32. The molecule has 18 heavy (non-hydrogen) atoms. The van der Waals surface area contributed by atoms with Crippen molar-refractivity contribution in [1.29, 1.82) is 0 Å². The third-order valence-corrected chi connectivity index (χ3v) is 2.96. The zero-order valence-electron chi connectivity index (χ0n) is 10.8. The van der Waals surface area contributed by atoms with E-state index >= 15 is 0 Å². The molecule has 1 aromatic carbocycles. The van der Waals surface area contributed by atoms with Crippen LogP contribution in [0, 0.1) is 11.6 Å². The molecule has 1 aromatic rings. The molecule has 0 aromatic heterocycles. The molecule has 1 rings (SSSR count). The number of carbonyl (C=O) groups is 1. The van der Waals surface area contributed by atoms with Crippen molar-refractivity contribution in [1.82, 2.24) is 0 Å². The predicted octanol–water partition coefficient (Wildman–Crippen LogP) is 4.44. The molecular weight excluding hydrogens is 234 g/mol. The van der Waals surface area contributed by atoms with Crippen LogP contribution >= 0.6 is 0 Å². The molecule has 0 unspecified atom stereocenters. The van der Waals surface area contributed by atoms with Gasteiger partial charge in [0.1, 0.15) is 17.4 Å². The van der Waals surface area contributed by atoms with Crippen LogP contribution in [0.1, 0.15) is 51.0 Å². The lowest BCUT2D eigenvalue weighted by atomic mass is 10.0. The highest BCUT2D eigenvalue weighted by Crippen LogP contribution is 2.12. The fourth-order valence-electron chi connectivity index (χ4n) is 1.89. The highest BCUT2D eigenvalue weighted by atomic mass is 19.1. The van der Waals surface area contributed by atoms with E-state index in [9.17, 15) is 13.6 Å². The van der Waals surface area contributed by atoms with E-state index in [1.54, 1.807) is 0 Å². The Bertz CT molecular complexity index is 388. The number of carbonyl (C=O) groups excluding carboxylic acids is 1. The normalized spacial score (nSPS) is 10.6. The summed E-state index contributed by atoms with van der Waals surface area (Å²) in [6.45, 7) is 2.14. The molecule has 0 saturated heterocycles. The van der Waals surface area contributed by atoms with Crippen LogP contribution in [-0.2, 0) is 11.2 Å². The molecule has 0 spiro atoms. The number of Topliss-reactive ketones (excluding diaryl/α,β-unsaturated/α-hetero) is 1. The Kier molecular flexibility index (Phi) is 6.55. The Balaban J connectivity index is 2.31. The van der Waals surface area contributed by atoms with Crippen LogP contribution in [0.25, 0.3) is 0 Å². The van der Waals surface area contributed by atoms with Gasteiger partial charge < -0.3 is 0 Å². The van der Waals surface area contributed by atoms with E-state index in [0.29, 0.717) is 6.42 Å². The van der Waals surface area contributed by atoms with Crippen molar-refractivity contribution < 1.29 is 13.6 Å². The number of benzene rings is 1. The molecule has 1 nitrogen and oxygen atoms in total. The molecule has 0 fully saturated rings. The molecule has 0 bridgehead atoms. The van der Waals surface area contributed by atoms with Gasteiger partial charge in [0.15, 0.2) is 0 Å². The second kappa shape index (κ2) is 7.96. The maximum atomic E-state index is 13.3. The zero-order chi connectivity index (χ0) is 13.4. The summed E-state index contributed by atoms with van der Waals surface area (Å²) in [5.41, 5.74) is 0.287. The van der Waals surface area contributed by atoms with Gasteiger partial charge in [-0.15, -0.1) is 0 Å². The summed E-state index contributed by atoms with van der Waals surface area (Å²) in [4.78, 5) is 11.6. The minimum Gasteiger partial charge on any atom is -0.299 e. The highest BCUT2D eigenvalue weighted by Gasteiger charge is 2.08. The number of ketones is 1. The molecule has 0 heterocycles. The Labute approximate surface area is 107 Å². The molecule has 100 valence electrons. The van der Waals surface area contributed by atoms with E-state index < -0.39 is 11.6 Å².